The molecule has 0 spiro atoms. The zero-order valence-corrected chi connectivity index (χ0v) is 7.87. The first-order valence-corrected chi connectivity index (χ1v) is 2.99. The molecule has 1 radical (unpaired) electrons. The summed E-state index contributed by atoms with van der Waals surface area (Å²) in [7, 11) is -4.61. The first kappa shape index (κ1) is 22.5. The van der Waals surface area contributed by atoms with E-state index in [1.807, 2.05) is 0 Å². The SMILES string of the molecule is FOF.O[Si](O)(O)O.[AlH3].[Y]. The monoisotopic (exact) mass is 269 g/mol. The Balaban J connectivity index is -0.0000000326. The van der Waals surface area contributed by atoms with E-state index in [1.165, 1.54) is 5.15 Å². The Morgan fingerprint density at radius 1 is 1.00 bits per heavy atom. The van der Waals surface area contributed by atoms with Crippen LogP contribution in [0.2, 0.25) is 0 Å². The van der Waals surface area contributed by atoms with Gasteiger partial charge in [0.2, 0.25) is 0 Å². The maximum absolute atomic E-state index is 9.12. The van der Waals surface area contributed by atoms with Crippen molar-refractivity contribution in [3.63, 3.8) is 0 Å². The second-order valence-electron chi connectivity index (χ2n) is 0.658. The summed E-state index contributed by atoms with van der Waals surface area (Å²) >= 11 is 0. The zero-order chi connectivity index (χ0) is 7.21. The summed E-state index contributed by atoms with van der Waals surface area (Å²) in [5.41, 5.74) is 0. The standard InChI is InChI=1S/Al.F2O.H4O4Si.Y.3H/c;1-3-2;1-5(2,3)4;;;;/h;;1-4H;;;;. The number of hydrogen-bond donors (Lipinski definition) is 4. The average molecular weight is 269 g/mol. The second kappa shape index (κ2) is 13.1. The van der Waals surface area contributed by atoms with E-state index in [9.17, 15) is 0 Å². The van der Waals surface area contributed by atoms with Crippen molar-refractivity contribution in [2.45, 2.75) is 0 Å². The van der Waals surface area contributed by atoms with Crippen LogP contribution in [-0.2, 0) is 37.9 Å². The van der Waals surface area contributed by atoms with Crippen molar-refractivity contribution in [1.29, 1.82) is 0 Å². The normalized spacial score (nSPS) is 7.80. The molecule has 0 unspecified atom stereocenters. The van der Waals surface area contributed by atoms with Gasteiger partial charge >= 0.3 is 9.05 Å². The van der Waals surface area contributed by atoms with Crippen LogP contribution in [0.3, 0.4) is 0 Å². The fraction of sp³-hybridized carbons (Fsp3) is 0. The third kappa shape index (κ3) is 301. The molecule has 0 atom stereocenters. The van der Waals surface area contributed by atoms with Crippen LogP contribution in [-0.4, -0.2) is 45.6 Å². The predicted molar refractivity (Wildman–Crippen MR) is 27.9 cm³/mol. The molecule has 0 saturated carbocycles. The van der Waals surface area contributed by atoms with Gasteiger partial charge in [-0.05, 0) is 9.05 Å². The molecule has 0 aliphatic heterocycles. The molecule has 0 aliphatic carbocycles. The van der Waals surface area contributed by atoms with E-state index in [0.717, 1.165) is 0 Å². The number of rotatable bonds is 0. The van der Waals surface area contributed by atoms with E-state index in [4.69, 9.17) is 28.2 Å². The first-order valence-electron chi connectivity index (χ1n) is 1.20. The average Bonchev–Trinajstić information content (AvgIpc) is 1.27. The summed E-state index contributed by atoms with van der Waals surface area (Å²) in [5, 5.41) is 1.25. The van der Waals surface area contributed by atoms with Crippen LogP contribution in [0.5, 0.6) is 0 Å². The zero-order valence-electron chi connectivity index (χ0n) is 4.03. The van der Waals surface area contributed by atoms with E-state index >= 15 is 0 Å². The van der Waals surface area contributed by atoms with Crippen LogP contribution >= 0.6 is 0 Å². The Labute approximate surface area is 91.9 Å². The molecule has 0 aromatic heterocycles. The Morgan fingerprint density at radius 3 is 1.00 bits per heavy atom. The van der Waals surface area contributed by atoms with Gasteiger partial charge in [0.25, 0.3) is 0 Å². The van der Waals surface area contributed by atoms with Gasteiger partial charge in [0.15, 0.2) is 17.4 Å². The third-order valence-corrected chi connectivity index (χ3v) is 0. The fourth-order valence-electron chi connectivity index (χ4n) is 0. The van der Waals surface area contributed by atoms with Gasteiger partial charge in [0, 0.05) is 37.9 Å². The molecule has 0 rings (SSSR count). The van der Waals surface area contributed by atoms with Gasteiger partial charge in [0.1, 0.15) is 0 Å². The van der Waals surface area contributed by atoms with E-state index in [-0.39, 0.29) is 50.1 Å². The van der Waals surface area contributed by atoms with Crippen LogP contribution in [0.1, 0.15) is 0 Å². The molecule has 0 amide bonds. The van der Waals surface area contributed by atoms with Crippen LogP contribution in [0.25, 0.3) is 0 Å². The first-order chi connectivity index (χ1) is 3.41. The van der Waals surface area contributed by atoms with Gasteiger partial charge in [-0.25, -0.2) is 0 Å². The van der Waals surface area contributed by atoms with E-state index in [1.54, 1.807) is 0 Å². The largest absolute Gasteiger partial charge is 0.668 e. The quantitative estimate of drug-likeness (QED) is 0.351. The molecule has 4 N–H and O–H groups in total. The molecule has 0 aromatic carbocycles. The van der Waals surface area contributed by atoms with Crippen LogP contribution in [0.15, 0.2) is 0 Å². The minimum atomic E-state index is -4.61. The van der Waals surface area contributed by atoms with Gasteiger partial charge in [0.05, 0.1) is 0 Å². The summed E-state index contributed by atoms with van der Waals surface area (Å²) in [4.78, 5) is 29.3. The van der Waals surface area contributed by atoms with E-state index in [2.05, 4.69) is 0 Å². The molecule has 0 saturated heterocycles. The van der Waals surface area contributed by atoms with Crippen LogP contribution in [0.4, 0.5) is 9.05 Å². The second-order valence-corrected chi connectivity index (χ2v) is 1.86. The van der Waals surface area contributed by atoms with Crippen molar-refractivity contribution in [2.75, 3.05) is 0 Å². The Hall–Kier alpha value is 1.51. The maximum Gasteiger partial charge on any atom is 0.668 e. The van der Waals surface area contributed by atoms with Crippen LogP contribution in [0, 0.1) is 0 Å². The molecule has 10 heavy (non-hydrogen) atoms. The third-order valence-electron chi connectivity index (χ3n) is 0. The fourth-order valence-corrected chi connectivity index (χ4v) is 0. The van der Waals surface area contributed by atoms with Gasteiger partial charge in [-0.2, -0.15) is 0 Å². The summed E-state index contributed by atoms with van der Waals surface area (Å²) in [6.07, 6.45) is 0. The number of halogens is 2. The van der Waals surface area contributed by atoms with Crippen molar-refractivity contribution >= 4 is 26.4 Å². The molecule has 0 aliphatic rings. The van der Waals surface area contributed by atoms with Gasteiger partial charge < -0.3 is 19.2 Å². The van der Waals surface area contributed by atoms with E-state index in [0.29, 0.717) is 0 Å². The molecule has 10 heteroatoms. The summed E-state index contributed by atoms with van der Waals surface area (Å²) in [5.74, 6) is 0. The van der Waals surface area contributed by atoms with Crippen molar-refractivity contribution < 1.29 is 66.1 Å². The van der Waals surface area contributed by atoms with Crippen LogP contribution < -0.4 is 0 Å². The van der Waals surface area contributed by atoms with Gasteiger partial charge in [-0.3, -0.25) is 0 Å². The van der Waals surface area contributed by atoms with Gasteiger partial charge in [-0.15, -0.1) is 0 Å². The Bertz CT molecular complexity index is 43.4. The molecule has 0 heterocycles. The minimum Gasteiger partial charge on any atom is -0.368 e. The number of hydrogen-bond acceptors (Lipinski definition) is 5. The minimum absolute atomic E-state index is 0. The van der Waals surface area contributed by atoms with Gasteiger partial charge in [-0.1, -0.05) is 0 Å². The molecule has 5 nitrogen and oxygen atoms in total. The summed E-state index contributed by atoms with van der Waals surface area (Å²) in [6, 6.07) is 0. The topological polar surface area (TPSA) is 90.2 Å². The molecule has 61 valence electrons. The smallest absolute Gasteiger partial charge is 0.368 e. The summed E-state index contributed by atoms with van der Waals surface area (Å²) < 4.78 is 18.2. The Morgan fingerprint density at radius 2 is 1.00 bits per heavy atom. The molecule has 0 bridgehead atoms. The molecular weight excluding hydrogens is 262 g/mol. The van der Waals surface area contributed by atoms with E-state index < -0.39 is 9.05 Å². The summed E-state index contributed by atoms with van der Waals surface area (Å²) in [6.45, 7) is 0. The van der Waals surface area contributed by atoms with Crippen molar-refractivity contribution in [3.05, 3.63) is 0 Å². The van der Waals surface area contributed by atoms with Crippen molar-refractivity contribution in [2.24, 2.45) is 0 Å². The maximum atomic E-state index is 9.12. The predicted octanol–water partition coefficient (Wildman–Crippen LogP) is -3.02. The van der Waals surface area contributed by atoms with Crippen molar-refractivity contribution in [3.8, 4) is 0 Å². The molecular formula is H7AlF2O5SiY. The molecule has 0 aromatic rings. The molecule has 0 fully saturated rings. The Kier molecular flexibility index (Phi) is 29.6. The van der Waals surface area contributed by atoms with Crippen molar-refractivity contribution in [1.82, 2.24) is 0 Å².